The fourth-order valence-corrected chi connectivity index (χ4v) is 5.90. The Morgan fingerprint density at radius 3 is 2.50 bits per heavy atom. The molecule has 1 aromatic heterocycles. The van der Waals surface area contributed by atoms with Gasteiger partial charge in [-0.2, -0.15) is 4.72 Å². The molecule has 0 radical (unpaired) electrons. The molecule has 8 heteroatoms. The zero-order valence-corrected chi connectivity index (χ0v) is 13.5. The number of sulfonamides is 1. The maximum absolute atomic E-state index is 12.3. The van der Waals surface area contributed by atoms with Crippen LogP contribution >= 0.6 is 39.5 Å². The quantitative estimate of drug-likeness (QED) is 0.800. The van der Waals surface area contributed by atoms with Gasteiger partial charge in [-0.1, -0.05) is 25.1 Å². The predicted octanol–water partition coefficient (Wildman–Crippen LogP) is 2.39. The first-order valence-corrected chi connectivity index (χ1v) is 8.95. The lowest BCUT2D eigenvalue weighted by Crippen LogP contribution is -2.54. The average molecular weight is 369 g/mol. The minimum Gasteiger partial charge on any atom is -0.392 e. The van der Waals surface area contributed by atoms with Gasteiger partial charge in [0.15, 0.2) is 0 Å². The van der Waals surface area contributed by atoms with Gasteiger partial charge in [-0.15, -0.1) is 11.3 Å². The number of hydrogen-bond acceptors (Lipinski definition) is 4. The normalized spacial score (nSPS) is 18.9. The summed E-state index contributed by atoms with van der Waals surface area (Å²) in [4.78, 5) is 0.235. The molecule has 4 nitrogen and oxygen atoms in total. The molecular formula is C10H13BrN2O2S3. The largest absolute Gasteiger partial charge is 0.392 e. The van der Waals surface area contributed by atoms with Crippen molar-refractivity contribution in [1.29, 1.82) is 0 Å². The number of nitrogens with two attached hydrogens (primary N) is 1. The Balaban J connectivity index is 2.29. The monoisotopic (exact) mass is 368 g/mol. The highest BCUT2D eigenvalue weighted by atomic mass is 79.9. The maximum atomic E-state index is 12.3. The van der Waals surface area contributed by atoms with Crippen LogP contribution in [0.1, 0.15) is 25.7 Å². The summed E-state index contributed by atoms with van der Waals surface area (Å²) in [6.45, 7) is 0. The van der Waals surface area contributed by atoms with Crippen LogP contribution in [0, 0.1) is 0 Å². The average Bonchev–Trinajstić information content (AvgIpc) is 2.87. The first kappa shape index (κ1) is 14.4. The van der Waals surface area contributed by atoms with Gasteiger partial charge in [0.1, 0.15) is 4.21 Å². The minimum absolute atomic E-state index is 0.235. The molecule has 0 spiro atoms. The van der Waals surface area contributed by atoms with E-state index in [1.54, 1.807) is 12.1 Å². The van der Waals surface area contributed by atoms with Crippen LogP contribution in [0.25, 0.3) is 0 Å². The highest BCUT2D eigenvalue weighted by molar-refractivity contribution is 9.11. The van der Waals surface area contributed by atoms with Gasteiger partial charge >= 0.3 is 0 Å². The van der Waals surface area contributed by atoms with E-state index in [1.807, 2.05) is 0 Å². The molecule has 0 amide bonds. The van der Waals surface area contributed by atoms with Crippen molar-refractivity contribution in [2.24, 2.45) is 5.73 Å². The molecule has 1 heterocycles. The number of halogens is 1. The standard InChI is InChI=1S/C10H13BrN2O2S3/c11-7-3-4-8(17-7)18(14,15)13-10(9(12)16)5-1-2-6-10/h3-4,13H,1-2,5-6H2,(H2,12,16). The Labute approximate surface area is 124 Å². The molecule has 1 aliphatic rings. The summed E-state index contributed by atoms with van der Waals surface area (Å²) in [6, 6.07) is 3.28. The van der Waals surface area contributed by atoms with Gasteiger partial charge in [0.05, 0.1) is 14.3 Å². The third kappa shape index (κ3) is 2.77. The van der Waals surface area contributed by atoms with Crippen molar-refractivity contribution in [1.82, 2.24) is 4.72 Å². The Hall–Kier alpha value is -0.0200. The molecule has 1 fully saturated rings. The van der Waals surface area contributed by atoms with Crippen molar-refractivity contribution < 1.29 is 8.42 Å². The van der Waals surface area contributed by atoms with Crippen LogP contribution in [-0.2, 0) is 10.0 Å². The fraction of sp³-hybridized carbons (Fsp3) is 0.500. The van der Waals surface area contributed by atoms with E-state index in [0.717, 1.165) is 16.6 Å². The molecule has 1 saturated carbocycles. The lowest BCUT2D eigenvalue weighted by molar-refractivity contribution is 0.504. The SMILES string of the molecule is NC(=S)C1(NS(=O)(=O)c2ccc(Br)s2)CCCC1. The molecule has 0 aliphatic heterocycles. The zero-order chi connectivity index (χ0) is 13.4. The third-order valence-electron chi connectivity index (χ3n) is 3.07. The lowest BCUT2D eigenvalue weighted by atomic mass is 10.00. The van der Waals surface area contributed by atoms with Crippen LogP contribution in [0.5, 0.6) is 0 Å². The van der Waals surface area contributed by atoms with Crippen molar-refractivity contribution in [3.8, 4) is 0 Å². The first-order valence-electron chi connectivity index (χ1n) is 5.45. The summed E-state index contributed by atoms with van der Waals surface area (Å²) in [5, 5.41) is 0. The molecular weight excluding hydrogens is 356 g/mol. The van der Waals surface area contributed by atoms with Gasteiger partial charge in [-0.25, -0.2) is 8.42 Å². The van der Waals surface area contributed by atoms with Gasteiger partial charge < -0.3 is 5.73 Å². The molecule has 0 aromatic carbocycles. The van der Waals surface area contributed by atoms with Crippen LogP contribution < -0.4 is 10.5 Å². The predicted molar refractivity (Wildman–Crippen MR) is 80.3 cm³/mol. The van der Waals surface area contributed by atoms with E-state index >= 15 is 0 Å². The smallest absolute Gasteiger partial charge is 0.250 e. The molecule has 0 saturated heterocycles. The van der Waals surface area contributed by atoms with E-state index in [9.17, 15) is 8.42 Å². The van der Waals surface area contributed by atoms with Gasteiger partial charge in [0.25, 0.3) is 10.0 Å². The second-order valence-electron chi connectivity index (χ2n) is 4.32. The second kappa shape index (κ2) is 5.16. The highest BCUT2D eigenvalue weighted by Crippen LogP contribution is 2.33. The van der Waals surface area contributed by atoms with Crippen molar-refractivity contribution in [3.05, 3.63) is 15.9 Å². The van der Waals surface area contributed by atoms with E-state index in [4.69, 9.17) is 18.0 Å². The molecule has 18 heavy (non-hydrogen) atoms. The molecule has 1 aromatic rings. The molecule has 2 rings (SSSR count). The van der Waals surface area contributed by atoms with Crippen LogP contribution in [0.3, 0.4) is 0 Å². The van der Waals surface area contributed by atoms with Crippen LogP contribution in [0.15, 0.2) is 20.1 Å². The van der Waals surface area contributed by atoms with E-state index in [-0.39, 0.29) is 9.20 Å². The second-order valence-corrected chi connectivity index (χ2v) is 9.13. The number of thiocarbonyl (C=S) groups is 1. The van der Waals surface area contributed by atoms with E-state index in [0.29, 0.717) is 12.8 Å². The summed E-state index contributed by atoms with van der Waals surface area (Å²) >= 11 is 9.46. The fourth-order valence-electron chi connectivity index (χ4n) is 2.13. The van der Waals surface area contributed by atoms with Gasteiger partial charge in [0.2, 0.25) is 0 Å². The van der Waals surface area contributed by atoms with Gasteiger partial charge in [0, 0.05) is 0 Å². The summed E-state index contributed by atoms with van der Waals surface area (Å²) in [7, 11) is -3.56. The van der Waals surface area contributed by atoms with Crippen LogP contribution in [-0.4, -0.2) is 18.9 Å². The minimum atomic E-state index is -3.56. The van der Waals surface area contributed by atoms with Gasteiger partial charge in [-0.05, 0) is 40.9 Å². The molecule has 0 atom stereocenters. The Bertz CT molecular complexity index is 561. The summed E-state index contributed by atoms with van der Waals surface area (Å²) < 4.78 is 28.3. The number of rotatable bonds is 4. The highest BCUT2D eigenvalue weighted by Gasteiger charge is 2.40. The van der Waals surface area contributed by atoms with E-state index in [1.165, 1.54) is 11.3 Å². The summed E-state index contributed by atoms with van der Waals surface area (Å²) in [5.74, 6) is 0. The van der Waals surface area contributed by atoms with Crippen molar-refractivity contribution >= 4 is 54.5 Å². The van der Waals surface area contributed by atoms with Crippen molar-refractivity contribution in [2.45, 2.75) is 35.4 Å². The van der Waals surface area contributed by atoms with Gasteiger partial charge in [-0.3, -0.25) is 0 Å². The van der Waals surface area contributed by atoms with Crippen molar-refractivity contribution in [3.63, 3.8) is 0 Å². The molecule has 100 valence electrons. The Morgan fingerprint density at radius 2 is 2.06 bits per heavy atom. The number of nitrogens with one attached hydrogen (secondary N) is 1. The lowest BCUT2D eigenvalue weighted by Gasteiger charge is -2.28. The Morgan fingerprint density at radius 1 is 1.44 bits per heavy atom. The molecule has 0 unspecified atom stereocenters. The topological polar surface area (TPSA) is 72.2 Å². The van der Waals surface area contributed by atoms with E-state index in [2.05, 4.69) is 20.7 Å². The third-order valence-corrected chi connectivity index (χ3v) is 7.11. The van der Waals surface area contributed by atoms with Crippen LogP contribution in [0.2, 0.25) is 0 Å². The summed E-state index contributed by atoms with van der Waals surface area (Å²) in [6.07, 6.45) is 3.23. The molecule has 3 N–H and O–H groups in total. The summed E-state index contributed by atoms with van der Waals surface area (Å²) in [5.41, 5.74) is 4.98. The zero-order valence-electron chi connectivity index (χ0n) is 9.48. The van der Waals surface area contributed by atoms with E-state index < -0.39 is 15.6 Å². The number of thiophene rings is 1. The Kier molecular flexibility index (Phi) is 4.13. The first-order chi connectivity index (χ1) is 8.36. The maximum Gasteiger partial charge on any atom is 0.250 e. The van der Waals surface area contributed by atoms with Crippen LogP contribution in [0.4, 0.5) is 0 Å². The molecule has 1 aliphatic carbocycles. The molecule has 0 bridgehead atoms. The van der Waals surface area contributed by atoms with Crippen molar-refractivity contribution in [2.75, 3.05) is 0 Å². The number of hydrogen-bond donors (Lipinski definition) is 2.